The van der Waals surface area contributed by atoms with E-state index in [2.05, 4.69) is 12.3 Å². The molecular weight excluding hydrogens is 176 g/mol. The molecule has 0 amide bonds. The molecule has 1 rings (SSSR count). The van der Waals surface area contributed by atoms with Crippen molar-refractivity contribution in [1.82, 2.24) is 0 Å². The molecule has 14 heavy (non-hydrogen) atoms. The summed E-state index contributed by atoms with van der Waals surface area (Å²) < 4.78 is 0. The van der Waals surface area contributed by atoms with Crippen molar-refractivity contribution in [2.45, 2.75) is 50.7 Å². The van der Waals surface area contributed by atoms with Crippen molar-refractivity contribution in [3.05, 3.63) is 6.42 Å². The summed E-state index contributed by atoms with van der Waals surface area (Å²) in [5.41, 5.74) is 0. The second-order valence-corrected chi connectivity index (χ2v) is 4.06. The lowest BCUT2D eigenvalue weighted by molar-refractivity contribution is 0.0165. The summed E-state index contributed by atoms with van der Waals surface area (Å²) in [5.74, 6) is 3.19. The van der Waals surface area contributed by atoms with Crippen molar-refractivity contribution in [3.8, 4) is 12.3 Å². The molecule has 0 spiro atoms. The zero-order chi connectivity index (χ0) is 10.4. The monoisotopic (exact) mass is 195 g/mol. The average molecular weight is 195 g/mol. The highest BCUT2D eigenvalue weighted by molar-refractivity contribution is 4.94. The smallest absolute Gasteiger partial charge is 0.138 e. The van der Waals surface area contributed by atoms with Gasteiger partial charge in [-0.2, -0.15) is 0 Å². The third-order valence-corrected chi connectivity index (χ3v) is 2.66. The largest absolute Gasteiger partial charge is 0.390 e. The normalized spacial score (nSPS) is 23.4. The Kier molecular flexibility index (Phi) is 4.86. The van der Waals surface area contributed by atoms with Crippen molar-refractivity contribution in [2.75, 3.05) is 0 Å². The van der Waals surface area contributed by atoms with Crippen molar-refractivity contribution in [2.24, 2.45) is 5.92 Å². The molecule has 0 heterocycles. The molecule has 0 radical (unpaired) electrons. The highest BCUT2D eigenvalue weighted by Crippen LogP contribution is 2.32. The Morgan fingerprint density at radius 2 is 2.07 bits per heavy atom. The fourth-order valence-electron chi connectivity index (χ4n) is 1.54. The maximum absolute atomic E-state index is 9.48. The molecule has 1 saturated carbocycles. The summed E-state index contributed by atoms with van der Waals surface area (Å²) in [6, 6.07) is 0. The maximum Gasteiger partial charge on any atom is 0.138 e. The Balaban J connectivity index is 1.95. The van der Waals surface area contributed by atoms with Crippen molar-refractivity contribution in [3.63, 3.8) is 0 Å². The molecule has 0 saturated heterocycles. The van der Waals surface area contributed by atoms with E-state index in [9.17, 15) is 10.2 Å². The lowest BCUT2D eigenvalue weighted by Gasteiger charge is -2.14. The first-order valence-corrected chi connectivity index (χ1v) is 5.37. The minimum Gasteiger partial charge on any atom is -0.390 e. The van der Waals surface area contributed by atoms with Crippen LogP contribution in [0.3, 0.4) is 0 Å². The fraction of sp³-hybridized carbons (Fsp3) is 0.750. The van der Waals surface area contributed by atoms with Gasteiger partial charge < -0.3 is 10.2 Å². The second-order valence-electron chi connectivity index (χ2n) is 4.06. The van der Waals surface area contributed by atoms with Gasteiger partial charge in [0.2, 0.25) is 0 Å². The van der Waals surface area contributed by atoms with Crippen LogP contribution in [-0.2, 0) is 0 Å². The van der Waals surface area contributed by atoms with Gasteiger partial charge in [0.25, 0.3) is 0 Å². The first kappa shape index (κ1) is 11.4. The van der Waals surface area contributed by atoms with Crippen LogP contribution in [0.2, 0.25) is 0 Å². The predicted molar refractivity (Wildman–Crippen MR) is 56.3 cm³/mol. The standard InChI is InChI=1S/C12H19O2/c1-2-5-11(13)12(14)7-4-3-6-10-8-9-10/h1,8,10-14H,3-7,9H2/q+1/t10?,11-,12-/m1/s1. The topological polar surface area (TPSA) is 40.5 Å². The van der Waals surface area contributed by atoms with Gasteiger partial charge in [-0.25, -0.2) is 0 Å². The van der Waals surface area contributed by atoms with Crippen LogP contribution in [0.4, 0.5) is 0 Å². The van der Waals surface area contributed by atoms with Crippen LogP contribution in [0.5, 0.6) is 0 Å². The van der Waals surface area contributed by atoms with Crippen molar-refractivity contribution >= 4 is 0 Å². The average Bonchev–Trinajstić information content (AvgIpc) is 2.96. The molecule has 78 valence electrons. The molecule has 1 aliphatic carbocycles. The summed E-state index contributed by atoms with van der Waals surface area (Å²) in [6.07, 6.45) is 11.5. The van der Waals surface area contributed by atoms with E-state index < -0.39 is 12.2 Å². The number of aliphatic hydroxyl groups excluding tert-OH is 2. The molecule has 2 N–H and O–H groups in total. The Morgan fingerprint density at radius 3 is 2.64 bits per heavy atom. The van der Waals surface area contributed by atoms with E-state index in [1.165, 1.54) is 12.8 Å². The summed E-state index contributed by atoms with van der Waals surface area (Å²) in [4.78, 5) is 0. The minimum absolute atomic E-state index is 0.248. The van der Waals surface area contributed by atoms with Gasteiger partial charge in [-0.05, 0) is 19.3 Å². The molecule has 0 aromatic heterocycles. The molecule has 0 bridgehead atoms. The molecular formula is C12H19O2+. The molecule has 2 heteroatoms. The summed E-state index contributed by atoms with van der Waals surface area (Å²) in [5, 5.41) is 18.8. The first-order valence-electron chi connectivity index (χ1n) is 5.37. The Labute approximate surface area is 86.3 Å². The molecule has 3 atom stereocenters. The maximum atomic E-state index is 9.48. The lowest BCUT2D eigenvalue weighted by atomic mass is 10.0. The van der Waals surface area contributed by atoms with Gasteiger partial charge in [0.05, 0.1) is 18.6 Å². The SMILES string of the molecule is C#CC[C@@H](O)[C@H](O)CCCCC1[CH+]C1. The highest BCUT2D eigenvalue weighted by atomic mass is 16.3. The van der Waals surface area contributed by atoms with E-state index in [-0.39, 0.29) is 6.42 Å². The van der Waals surface area contributed by atoms with Crippen LogP contribution in [0.25, 0.3) is 0 Å². The quantitative estimate of drug-likeness (QED) is 0.367. The Morgan fingerprint density at radius 1 is 1.36 bits per heavy atom. The lowest BCUT2D eigenvalue weighted by Crippen LogP contribution is -2.25. The van der Waals surface area contributed by atoms with E-state index in [1.54, 1.807) is 0 Å². The van der Waals surface area contributed by atoms with Gasteiger partial charge in [0.1, 0.15) is 12.3 Å². The van der Waals surface area contributed by atoms with Crippen molar-refractivity contribution in [1.29, 1.82) is 0 Å². The second kappa shape index (κ2) is 5.95. The Hall–Kier alpha value is -0.650. The molecule has 1 aliphatic rings. The van der Waals surface area contributed by atoms with Crippen LogP contribution >= 0.6 is 0 Å². The van der Waals surface area contributed by atoms with E-state index in [4.69, 9.17) is 6.42 Å². The zero-order valence-corrected chi connectivity index (χ0v) is 8.52. The van der Waals surface area contributed by atoms with Crippen LogP contribution in [0.1, 0.15) is 38.5 Å². The third-order valence-electron chi connectivity index (χ3n) is 2.66. The summed E-state index contributed by atoms with van der Waals surface area (Å²) >= 11 is 0. The van der Waals surface area contributed by atoms with Crippen LogP contribution in [0.15, 0.2) is 0 Å². The van der Waals surface area contributed by atoms with Gasteiger partial charge in [-0.1, -0.05) is 6.42 Å². The van der Waals surface area contributed by atoms with Gasteiger partial charge in [-0.3, -0.25) is 0 Å². The van der Waals surface area contributed by atoms with E-state index in [0.717, 1.165) is 18.8 Å². The number of hydrogen-bond acceptors (Lipinski definition) is 2. The first-order chi connectivity index (χ1) is 6.74. The number of hydrogen-bond donors (Lipinski definition) is 2. The van der Waals surface area contributed by atoms with Gasteiger partial charge in [0.15, 0.2) is 0 Å². The van der Waals surface area contributed by atoms with E-state index in [1.807, 2.05) is 0 Å². The predicted octanol–water partition coefficient (Wildman–Crippen LogP) is 1.52. The zero-order valence-electron chi connectivity index (χ0n) is 8.52. The number of unbranched alkanes of at least 4 members (excludes halogenated alkanes) is 1. The summed E-state index contributed by atoms with van der Waals surface area (Å²) in [6.45, 7) is 0. The minimum atomic E-state index is -0.743. The number of terminal acetylenes is 1. The fourth-order valence-corrected chi connectivity index (χ4v) is 1.54. The molecule has 2 nitrogen and oxygen atoms in total. The number of aliphatic hydroxyl groups is 2. The van der Waals surface area contributed by atoms with Crippen LogP contribution in [-0.4, -0.2) is 22.4 Å². The van der Waals surface area contributed by atoms with Crippen LogP contribution < -0.4 is 0 Å². The van der Waals surface area contributed by atoms with Crippen molar-refractivity contribution < 1.29 is 10.2 Å². The molecule has 0 aliphatic heterocycles. The number of rotatable bonds is 7. The molecule has 1 unspecified atom stereocenters. The Bertz CT molecular complexity index is 191. The van der Waals surface area contributed by atoms with Gasteiger partial charge >= 0.3 is 0 Å². The van der Waals surface area contributed by atoms with E-state index >= 15 is 0 Å². The molecule has 0 aromatic carbocycles. The van der Waals surface area contributed by atoms with Crippen LogP contribution in [0, 0.1) is 24.7 Å². The molecule has 1 fully saturated rings. The highest BCUT2D eigenvalue weighted by Gasteiger charge is 2.34. The van der Waals surface area contributed by atoms with Gasteiger partial charge in [-0.15, -0.1) is 12.3 Å². The molecule has 0 aromatic rings. The third kappa shape index (κ3) is 4.55. The summed E-state index contributed by atoms with van der Waals surface area (Å²) in [7, 11) is 0. The van der Waals surface area contributed by atoms with Gasteiger partial charge in [0, 0.05) is 6.42 Å². The van der Waals surface area contributed by atoms with E-state index in [0.29, 0.717) is 6.42 Å².